The number of hydrogen-bond acceptors (Lipinski definition) is 3. The van der Waals surface area contributed by atoms with Crippen molar-refractivity contribution in [1.82, 2.24) is 20.4 Å². The number of carbonyl (C=O) groups excluding carboxylic acids is 1. The van der Waals surface area contributed by atoms with Crippen molar-refractivity contribution in [2.45, 2.75) is 26.2 Å². The van der Waals surface area contributed by atoms with Gasteiger partial charge in [0, 0.05) is 31.0 Å². The first-order chi connectivity index (χ1) is 13.6. The van der Waals surface area contributed by atoms with Gasteiger partial charge in [-0.25, -0.2) is 4.79 Å². The maximum atomic E-state index is 12.4. The number of nitrogens with zero attached hydrogens (tertiary/aromatic N) is 2. The smallest absolute Gasteiger partial charge is 0.387 e. The van der Waals surface area contributed by atoms with E-state index >= 15 is 0 Å². The molecule has 8 heteroatoms. The lowest BCUT2D eigenvalue weighted by atomic mass is 10.1. The van der Waals surface area contributed by atoms with Crippen molar-refractivity contribution >= 4 is 6.03 Å². The van der Waals surface area contributed by atoms with E-state index in [-0.39, 0.29) is 12.3 Å². The summed E-state index contributed by atoms with van der Waals surface area (Å²) in [6.07, 6.45) is 3.62. The van der Waals surface area contributed by atoms with Crippen molar-refractivity contribution in [3.8, 4) is 5.75 Å². The van der Waals surface area contributed by atoms with Gasteiger partial charge in [0.1, 0.15) is 5.75 Å². The van der Waals surface area contributed by atoms with E-state index in [1.54, 1.807) is 24.4 Å². The molecule has 0 unspecified atom stereocenters. The summed E-state index contributed by atoms with van der Waals surface area (Å²) in [6.45, 7) is -1.80. The van der Waals surface area contributed by atoms with Crippen LogP contribution < -0.4 is 15.4 Å². The Balaban J connectivity index is 1.46. The van der Waals surface area contributed by atoms with Gasteiger partial charge in [0.15, 0.2) is 0 Å². The fourth-order valence-electron chi connectivity index (χ4n) is 2.62. The third-order valence-electron chi connectivity index (χ3n) is 4.01. The Bertz CT molecular complexity index is 883. The van der Waals surface area contributed by atoms with E-state index in [1.807, 2.05) is 41.2 Å². The van der Waals surface area contributed by atoms with E-state index in [2.05, 4.69) is 20.5 Å². The molecule has 0 aliphatic rings. The van der Waals surface area contributed by atoms with Gasteiger partial charge < -0.3 is 15.4 Å². The standard InChI is InChI=1S/C20H20F2N4O2/c21-19(22)28-18-5-2-1-4-17(18)13-24-20(27)23-12-15-6-8-16(9-7-15)14-26-11-3-10-25-26/h1-11,19H,12-14H2,(H2,23,24,27). The molecule has 6 nitrogen and oxygen atoms in total. The van der Waals surface area contributed by atoms with Gasteiger partial charge in [0.25, 0.3) is 0 Å². The summed E-state index contributed by atoms with van der Waals surface area (Å²) in [5.41, 5.74) is 2.52. The first-order valence-electron chi connectivity index (χ1n) is 8.70. The third-order valence-corrected chi connectivity index (χ3v) is 4.01. The second-order valence-corrected chi connectivity index (χ2v) is 6.04. The molecule has 0 fully saturated rings. The summed E-state index contributed by atoms with van der Waals surface area (Å²) < 4.78 is 31.1. The molecule has 1 aromatic heterocycles. The van der Waals surface area contributed by atoms with Crippen LogP contribution in [0.1, 0.15) is 16.7 Å². The average molecular weight is 386 g/mol. The lowest BCUT2D eigenvalue weighted by Crippen LogP contribution is -2.34. The summed E-state index contributed by atoms with van der Waals surface area (Å²) in [5.74, 6) is 0.0468. The molecule has 146 valence electrons. The molecule has 0 spiro atoms. The number of amides is 2. The molecule has 0 aliphatic carbocycles. The minimum absolute atomic E-state index is 0.0468. The number of aromatic nitrogens is 2. The zero-order chi connectivity index (χ0) is 19.8. The fourth-order valence-corrected chi connectivity index (χ4v) is 2.62. The maximum Gasteiger partial charge on any atom is 0.387 e. The number of urea groups is 1. The number of nitrogens with one attached hydrogen (secondary N) is 2. The summed E-state index contributed by atoms with van der Waals surface area (Å²) in [7, 11) is 0. The first-order valence-corrected chi connectivity index (χ1v) is 8.70. The first kappa shape index (κ1) is 19.3. The average Bonchev–Trinajstić information content (AvgIpc) is 3.19. The van der Waals surface area contributed by atoms with Crippen molar-refractivity contribution in [3.63, 3.8) is 0 Å². The van der Waals surface area contributed by atoms with Crippen LogP contribution in [0.15, 0.2) is 67.0 Å². The Morgan fingerprint density at radius 1 is 1.00 bits per heavy atom. The van der Waals surface area contributed by atoms with Crippen molar-refractivity contribution in [1.29, 1.82) is 0 Å². The zero-order valence-corrected chi connectivity index (χ0v) is 15.0. The fraction of sp³-hybridized carbons (Fsp3) is 0.200. The van der Waals surface area contributed by atoms with E-state index in [0.29, 0.717) is 18.7 Å². The minimum atomic E-state index is -2.91. The highest BCUT2D eigenvalue weighted by atomic mass is 19.3. The van der Waals surface area contributed by atoms with Crippen molar-refractivity contribution in [2.75, 3.05) is 0 Å². The normalized spacial score (nSPS) is 10.7. The molecule has 1 heterocycles. The summed E-state index contributed by atoms with van der Waals surface area (Å²) >= 11 is 0. The summed E-state index contributed by atoms with van der Waals surface area (Å²) in [5, 5.41) is 9.54. The molecule has 0 saturated carbocycles. The summed E-state index contributed by atoms with van der Waals surface area (Å²) in [4.78, 5) is 12.0. The Morgan fingerprint density at radius 3 is 2.43 bits per heavy atom. The number of carbonyl (C=O) groups is 1. The number of hydrogen-bond donors (Lipinski definition) is 2. The van der Waals surface area contributed by atoms with Gasteiger partial charge >= 0.3 is 12.6 Å². The van der Waals surface area contributed by atoms with Gasteiger partial charge in [-0.05, 0) is 23.3 Å². The number of ether oxygens (including phenoxy) is 1. The van der Waals surface area contributed by atoms with Crippen LogP contribution in [0, 0.1) is 0 Å². The van der Waals surface area contributed by atoms with Crippen LogP contribution in [0.25, 0.3) is 0 Å². The Morgan fingerprint density at radius 2 is 1.71 bits per heavy atom. The predicted octanol–water partition coefficient (Wildman–Crippen LogP) is 3.53. The number of halogens is 2. The SMILES string of the molecule is O=C(NCc1ccc(Cn2cccn2)cc1)NCc1ccccc1OC(F)F. The highest BCUT2D eigenvalue weighted by Crippen LogP contribution is 2.19. The molecule has 0 saturated heterocycles. The van der Waals surface area contributed by atoms with Gasteiger partial charge in [-0.3, -0.25) is 4.68 Å². The number of benzene rings is 2. The molecule has 0 aliphatic heterocycles. The second kappa shape index (κ2) is 9.50. The highest BCUT2D eigenvalue weighted by molar-refractivity contribution is 5.73. The predicted molar refractivity (Wildman–Crippen MR) is 99.9 cm³/mol. The van der Waals surface area contributed by atoms with E-state index in [1.165, 1.54) is 6.07 Å². The van der Waals surface area contributed by atoms with E-state index in [4.69, 9.17) is 0 Å². The van der Waals surface area contributed by atoms with E-state index in [9.17, 15) is 13.6 Å². The molecule has 2 amide bonds. The number of alkyl halides is 2. The monoisotopic (exact) mass is 386 g/mol. The Labute approximate surface area is 161 Å². The van der Waals surface area contributed by atoms with Gasteiger partial charge in [-0.2, -0.15) is 13.9 Å². The highest BCUT2D eigenvalue weighted by Gasteiger charge is 2.10. The van der Waals surface area contributed by atoms with Crippen LogP contribution >= 0.6 is 0 Å². The van der Waals surface area contributed by atoms with Gasteiger partial charge in [-0.1, -0.05) is 42.5 Å². The lowest BCUT2D eigenvalue weighted by molar-refractivity contribution is -0.0504. The molecule has 2 aromatic carbocycles. The molecular formula is C20H20F2N4O2. The van der Waals surface area contributed by atoms with Gasteiger partial charge in [0.05, 0.1) is 6.54 Å². The Kier molecular flexibility index (Phi) is 6.56. The van der Waals surface area contributed by atoms with Gasteiger partial charge in [-0.15, -0.1) is 0 Å². The van der Waals surface area contributed by atoms with Crippen LogP contribution in [0.5, 0.6) is 5.75 Å². The molecule has 3 aromatic rings. The van der Waals surface area contributed by atoms with Crippen LogP contribution in [0.2, 0.25) is 0 Å². The van der Waals surface area contributed by atoms with Crippen LogP contribution in [0.3, 0.4) is 0 Å². The van der Waals surface area contributed by atoms with Crippen molar-refractivity contribution in [3.05, 3.63) is 83.7 Å². The molecule has 2 N–H and O–H groups in total. The van der Waals surface area contributed by atoms with E-state index in [0.717, 1.165) is 11.1 Å². The molecule has 28 heavy (non-hydrogen) atoms. The number of para-hydroxylation sites is 1. The molecule has 3 rings (SSSR count). The second-order valence-electron chi connectivity index (χ2n) is 6.04. The van der Waals surface area contributed by atoms with Crippen molar-refractivity contribution < 1.29 is 18.3 Å². The molecular weight excluding hydrogens is 366 g/mol. The van der Waals surface area contributed by atoms with Crippen molar-refractivity contribution in [2.24, 2.45) is 0 Å². The maximum absolute atomic E-state index is 12.4. The van der Waals surface area contributed by atoms with E-state index < -0.39 is 12.6 Å². The topological polar surface area (TPSA) is 68.2 Å². The van der Waals surface area contributed by atoms with Crippen LogP contribution in [0.4, 0.5) is 13.6 Å². The van der Waals surface area contributed by atoms with Crippen LogP contribution in [-0.4, -0.2) is 22.4 Å². The molecule has 0 bridgehead atoms. The van der Waals surface area contributed by atoms with Gasteiger partial charge in [0.2, 0.25) is 0 Å². The Hall–Kier alpha value is -3.42. The largest absolute Gasteiger partial charge is 0.434 e. The summed E-state index contributed by atoms with van der Waals surface area (Å²) in [6, 6.07) is 15.7. The minimum Gasteiger partial charge on any atom is -0.434 e. The lowest BCUT2D eigenvalue weighted by Gasteiger charge is -2.12. The van der Waals surface area contributed by atoms with Crippen LogP contribution in [-0.2, 0) is 19.6 Å². The number of rotatable bonds is 8. The molecule has 0 radical (unpaired) electrons. The quantitative estimate of drug-likeness (QED) is 0.622. The third kappa shape index (κ3) is 5.80. The molecule has 0 atom stereocenters. The zero-order valence-electron chi connectivity index (χ0n) is 15.0.